The highest BCUT2D eigenvalue weighted by Crippen LogP contribution is 2.44. The number of methoxy groups -OCH3 is 4. The van der Waals surface area contributed by atoms with Crippen molar-refractivity contribution in [3.8, 4) is 23.0 Å². The summed E-state index contributed by atoms with van der Waals surface area (Å²) in [5.41, 5.74) is 1.15. The molecule has 0 N–H and O–H groups in total. The molecule has 1 atom stereocenters. The number of nitro groups is 1. The highest BCUT2D eigenvalue weighted by molar-refractivity contribution is 7.99. The Hall–Kier alpha value is -2.94. The Bertz CT molecular complexity index is 831. The summed E-state index contributed by atoms with van der Waals surface area (Å²) in [6, 6.07) is 8.05. The maximum atomic E-state index is 11.8. The molecule has 0 aliphatic carbocycles. The van der Waals surface area contributed by atoms with Crippen molar-refractivity contribution in [2.75, 3.05) is 28.4 Å². The van der Waals surface area contributed by atoms with Gasteiger partial charge in [0, 0.05) is 24.0 Å². The Morgan fingerprint density at radius 1 is 1.00 bits per heavy atom. The van der Waals surface area contributed by atoms with Crippen LogP contribution in [0.2, 0.25) is 0 Å². The van der Waals surface area contributed by atoms with Gasteiger partial charge in [0.2, 0.25) is 0 Å². The molecule has 0 aromatic heterocycles. The van der Waals surface area contributed by atoms with Crippen LogP contribution in [-0.4, -0.2) is 39.6 Å². The van der Waals surface area contributed by atoms with Crippen LogP contribution < -0.4 is 18.9 Å². The van der Waals surface area contributed by atoms with Crippen molar-refractivity contribution < 1.29 is 28.7 Å². The van der Waals surface area contributed by atoms with Crippen LogP contribution in [-0.2, 0) is 10.5 Å². The van der Waals surface area contributed by atoms with Gasteiger partial charge >= 0.3 is 5.69 Å². The summed E-state index contributed by atoms with van der Waals surface area (Å²) < 4.78 is 21.0. The molecule has 2 aromatic carbocycles. The minimum atomic E-state index is -0.600. The van der Waals surface area contributed by atoms with Crippen molar-refractivity contribution in [1.29, 1.82) is 0 Å². The number of benzene rings is 2. The van der Waals surface area contributed by atoms with E-state index in [1.165, 1.54) is 46.3 Å². The SMILES string of the molecule is COc1cc(OC)c(C(C=O)SCc2ccc(OC)c([N+](=O)[O-])c2)c(OC)c1. The summed E-state index contributed by atoms with van der Waals surface area (Å²) in [5.74, 6) is 2.01. The molecule has 0 aliphatic rings. The smallest absolute Gasteiger partial charge is 0.311 e. The lowest BCUT2D eigenvalue weighted by molar-refractivity contribution is -0.385. The third-order valence-electron chi connectivity index (χ3n) is 4.03. The van der Waals surface area contributed by atoms with Gasteiger partial charge in [-0.25, -0.2) is 0 Å². The van der Waals surface area contributed by atoms with Gasteiger partial charge in [-0.3, -0.25) is 10.1 Å². The predicted molar refractivity (Wildman–Crippen MR) is 106 cm³/mol. The molecule has 2 aromatic rings. The molecule has 0 bridgehead atoms. The van der Waals surface area contributed by atoms with E-state index in [0.29, 0.717) is 34.1 Å². The van der Waals surface area contributed by atoms with Gasteiger partial charge < -0.3 is 23.7 Å². The van der Waals surface area contributed by atoms with Crippen molar-refractivity contribution in [3.05, 3.63) is 51.6 Å². The highest BCUT2D eigenvalue weighted by Gasteiger charge is 2.23. The number of aldehydes is 1. The molecule has 150 valence electrons. The first-order valence-electron chi connectivity index (χ1n) is 8.17. The van der Waals surface area contributed by atoms with Crippen LogP contribution in [0.1, 0.15) is 16.4 Å². The van der Waals surface area contributed by atoms with E-state index in [1.54, 1.807) is 24.3 Å². The number of thioether (sulfide) groups is 1. The zero-order chi connectivity index (χ0) is 20.7. The Morgan fingerprint density at radius 3 is 2.07 bits per heavy atom. The fourth-order valence-corrected chi connectivity index (χ4v) is 3.69. The number of rotatable bonds is 10. The van der Waals surface area contributed by atoms with Crippen molar-refractivity contribution in [1.82, 2.24) is 0 Å². The van der Waals surface area contributed by atoms with Crippen LogP contribution in [0.5, 0.6) is 23.0 Å². The molecule has 0 saturated carbocycles. The summed E-state index contributed by atoms with van der Waals surface area (Å²) in [6.45, 7) is 0. The minimum Gasteiger partial charge on any atom is -0.496 e. The molecule has 0 amide bonds. The monoisotopic (exact) mass is 407 g/mol. The second-order valence-electron chi connectivity index (χ2n) is 5.58. The van der Waals surface area contributed by atoms with E-state index in [1.807, 2.05) is 0 Å². The quantitative estimate of drug-likeness (QED) is 0.333. The summed E-state index contributed by atoms with van der Waals surface area (Å²) in [4.78, 5) is 22.5. The van der Waals surface area contributed by atoms with Crippen molar-refractivity contribution >= 4 is 23.7 Å². The van der Waals surface area contributed by atoms with Crippen molar-refractivity contribution in [2.45, 2.75) is 11.0 Å². The van der Waals surface area contributed by atoms with Crippen LogP contribution >= 0.6 is 11.8 Å². The molecular formula is C19H21NO7S. The number of nitrogens with zero attached hydrogens (tertiary/aromatic N) is 1. The van der Waals surface area contributed by atoms with Gasteiger partial charge in [0.25, 0.3) is 0 Å². The fourth-order valence-electron chi connectivity index (χ4n) is 2.66. The molecule has 1 unspecified atom stereocenters. The van der Waals surface area contributed by atoms with E-state index >= 15 is 0 Å². The third-order valence-corrected chi connectivity index (χ3v) is 5.24. The molecule has 8 nitrogen and oxygen atoms in total. The first kappa shape index (κ1) is 21.4. The second-order valence-corrected chi connectivity index (χ2v) is 6.71. The molecule has 28 heavy (non-hydrogen) atoms. The van der Waals surface area contributed by atoms with Gasteiger partial charge in [0.15, 0.2) is 5.75 Å². The van der Waals surface area contributed by atoms with Crippen molar-refractivity contribution in [3.63, 3.8) is 0 Å². The molecule has 0 heterocycles. The van der Waals surface area contributed by atoms with Crippen LogP contribution in [0.15, 0.2) is 30.3 Å². The first-order valence-corrected chi connectivity index (χ1v) is 9.22. The third kappa shape index (κ3) is 4.66. The number of hydrogen-bond donors (Lipinski definition) is 0. The molecule has 0 spiro atoms. The number of carbonyl (C=O) groups excluding carboxylic acids is 1. The molecule has 0 radical (unpaired) electrons. The molecular weight excluding hydrogens is 386 g/mol. The standard InChI is InChI=1S/C19H21NO7S/c1-24-13-8-16(26-3)19(17(9-13)27-4)18(10-21)28-11-12-5-6-15(25-2)14(7-12)20(22)23/h5-10,18H,11H2,1-4H3. The van der Waals surface area contributed by atoms with E-state index in [0.717, 1.165) is 6.29 Å². The van der Waals surface area contributed by atoms with E-state index in [9.17, 15) is 14.9 Å². The molecule has 0 saturated heterocycles. The maximum Gasteiger partial charge on any atom is 0.311 e. The Morgan fingerprint density at radius 2 is 1.61 bits per heavy atom. The van der Waals surface area contributed by atoms with Gasteiger partial charge in [-0.05, 0) is 11.6 Å². The zero-order valence-electron chi connectivity index (χ0n) is 16.0. The second kappa shape index (κ2) is 9.84. The predicted octanol–water partition coefficient (Wildman–Crippen LogP) is 3.80. The molecule has 2 rings (SSSR count). The van der Waals surface area contributed by atoms with E-state index in [4.69, 9.17) is 18.9 Å². The van der Waals surface area contributed by atoms with Gasteiger partial charge in [-0.15, -0.1) is 11.8 Å². The average molecular weight is 407 g/mol. The van der Waals surface area contributed by atoms with Gasteiger partial charge in [-0.1, -0.05) is 6.07 Å². The summed E-state index contributed by atoms with van der Waals surface area (Å²) in [5, 5.41) is 10.6. The van der Waals surface area contributed by atoms with Crippen LogP contribution in [0.4, 0.5) is 5.69 Å². The Balaban J connectivity index is 2.32. The average Bonchev–Trinajstić information content (AvgIpc) is 2.73. The van der Waals surface area contributed by atoms with Gasteiger partial charge in [-0.2, -0.15) is 0 Å². The molecule has 0 aliphatic heterocycles. The fraction of sp³-hybridized carbons (Fsp3) is 0.316. The Kier molecular flexibility index (Phi) is 7.51. The lowest BCUT2D eigenvalue weighted by Gasteiger charge is -2.19. The Labute approximate surface area is 166 Å². The minimum absolute atomic E-state index is 0.122. The first-order chi connectivity index (χ1) is 13.5. The van der Waals surface area contributed by atoms with E-state index < -0.39 is 10.2 Å². The number of carbonyl (C=O) groups is 1. The van der Waals surface area contributed by atoms with Gasteiger partial charge in [0.1, 0.15) is 23.5 Å². The number of hydrogen-bond acceptors (Lipinski definition) is 8. The summed E-state index contributed by atoms with van der Waals surface area (Å²) >= 11 is 1.30. The van der Waals surface area contributed by atoms with Crippen molar-refractivity contribution in [2.24, 2.45) is 0 Å². The summed E-state index contributed by atoms with van der Waals surface area (Å²) in [6.07, 6.45) is 0.787. The van der Waals surface area contributed by atoms with Crippen LogP contribution in [0.25, 0.3) is 0 Å². The lowest BCUT2D eigenvalue weighted by Crippen LogP contribution is -2.04. The number of nitro benzene ring substituents is 1. The zero-order valence-corrected chi connectivity index (χ0v) is 16.8. The normalized spacial score (nSPS) is 11.4. The maximum absolute atomic E-state index is 11.8. The summed E-state index contributed by atoms with van der Waals surface area (Å²) in [7, 11) is 5.89. The highest BCUT2D eigenvalue weighted by atomic mass is 32.2. The largest absolute Gasteiger partial charge is 0.496 e. The lowest BCUT2D eigenvalue weighted by atomic mass is 10.1. The van der Waals surface area contributed by atoms with Crippen LogP contribution in [0, 0.1) is 10.1 Å². The van der Waals surface area contributed by atoms with E-state index in [-0.39, 0.29) is 11.4 Å². The molecule has 0 fully saturated rings. The van der Waals surface area contributed by atoms with E-state index in [2.05, 4.69) is 0 Å². The topological polar surface area (TPSA) is 97.1 Å². The molecule has 9 heteroatoms. The van der Waals surface area contributed by atoms with Crippen LogP contribution in [0.3, 0.4) is 0 Å². The number of ether oxygens (including phenoxy) is 4. The van der Waals surface area contributed by atoms with Gasteiger partial charge in [0.05, 0.1) is 44.2 Å².